The summed E-state index contributed by atoms with van der Waals surface area (Å²) in [6.07, 6.45) is 4.86. The number of benzene rings is 2. The van der Waals surface area contributed by atoms with Crippen molar-refractivity contribution < 1.29 is 9.21 Å². The van der Waals surface area contributed by atoms with Crippen LogP contribution in [0.25, 0.3) is 21.9 Å². The van der Waals surface area contributed by atoms with Crippen molar-refractivity contribution >= 4 is 27.8 Å². The van der Waals surface area contributed by atoms with Gasteiger partial charge in [0.1, 0.15) is 5.58 Å². The molecule has 0 saturated carbocycles. The van der Waals surface area contributed by atoms with Crippen LogP contribution in [-0.4, -0.2) is 17.4 Å². The van der Waals surface area contributed by atoms with Crippen LogP contribution in [0.1, 0.15) is 22.3 Å². The molecule has 0 saturated heterocycles. The maximum absolute atomic E-state index is 12.3. The zero-order chi connectivity index (χ0) is 18.1. The molecule has 2 heterocycles. The van der Waals surface area contributed by atoms with Gasteiger partial charge >= 0.3 is 0 Å². The Labute approximate surface area is 152 Å². The third-order valence-corrected chi connectivity index (χ3v) is 5.01. The van der Waals surface area contributed by atoms with Crippen LogP contribution in [0.3, 0.4) is 0 Å². The van der Waals surface area contributed by atoms with Crippen LogP contribution in [0, 0.1) is 13.8 Å². The van der Waals surface area contributed by atoms with Gasteiger partial charge in [-0.1, -0.05) is 18.2 Å². The number of carbonyl (C=O) groups excluding carboxylic acids is 1. The van der Waals surface area contributed by atoms with E-state index in [2.05, 4.69) is 42.3 Å². The summed E-state index contributed by atoms with van der Waals surface area (Å²) < 4.78 is 5.61. The van der Waals surface area contributed by atoms with Crippen LogP contribution in [0.4, 0.5) is 0 Å². The quantitative estimate of drug-likeness (QED) is 0.561. The fourth-order valence-electron chi connectivity index (χ4n) is 3.38. The Bertz CT molecular complexity index is 1090. The summed E-state index contributed by atoms with van der Waals surface area (Å²) in [5, 5.41) is 5.26. The molecule has 0 fully saturated rings. The molecule has 4 heteroatoms. The molecule has 26 heavy (non-hydrogen) atoms. The monoisotopic (exact) mass is 346 g/mol. The van der Waals surface area contributed by atoms with E-state index in [0.717, 1.165) is 28.5 Å². The lowest BCUT2D eigenvalue weighted by atomic mass is 10.0. The number of rotatable bonds is 5. The summed E-state index contributed by atoms with van der Waals surface area (Å²) in [5.41, 5.74) is 6.54. The Morgan fingerprint density at radius 3 is 2.77 bits per heavy atom. The molecule has 132 valence electrons. The first-order chi connectivity index (χ1) is 12.6. The van der Waals surface area contributed by atoms with Crippen LogP contribution in [0.15, 0.2) is 53.3 Å². The second-order valence-electron chi connectivity index (χ2n) is 6.83. The van der Waals surface area contributed by atoms with Gasteiger partial charge in [0.05, 0.1) is 12.7 Å². The van der Waals surface area contributed by atoms with Crippen LogP contribution in [0.5, 0.6) is 0 Å². The van der Waals surface area contributed by atoms with Crippen molar-refractivity contribution in [3.05, 3.63) is 71.1 Å². The number of aromatic nitrogens is 1. The van der Waals surface area contributed by atoms with Gasteiger partial charge in [-0.2, -0.15) is 0 Å². The largest absolute Gasteiger partial charge is 0.464 e. The predicted octanol–water partition coefficient (Wildman–Crippen LogP) is 4.43. The van der Waals surface area contributed by atoms with Gasteiger partial charge in [0, 0.05) is 34.6 Å². The van der Waals surface area contributed by atoms with Crippen molar-refractivity contribution in [1.82, 2.24) is 10.3 Å². The number of nitrogens with one attached hydrogen (secondary N) is 2. The molecule has 0 aliphatic carbocycles. The van der Waals surface area contributed by atoms with E-state index < -0.39 is 0 Å². The highest BCUT2D eigenvalue weighted by Crippen LogP contribution is 2.25. The first-order valence-electron chi connectivity index (χ1n) is 8.91. The predicted molar refractivity (Wildman–Crippen MR) is 104 cm³/mol. The molecule has 0 unspecified atom stereocenters. The van der Waals surface area contributed by atoms with Gasteiger partial charge in [-0.25, -0.2) is 0 Å². The van der Waals surface area contributed by atoms with Crippen molar-refractivity contribution in [2.45, 2.75) is 26.7 Å². The number of para-hydroxylation sites is 1. The first kappa shape index (κ1) is 16.5. The number of aromatic amines is 1. The summed E-state index contributed by atoms with van der Waals surface area (Å²) in [6, 6.07) is 12.3. The van der Waals surface area contributed by atoms with Crippen LogP contribution >= 0.6 is 0 Å². The number of aryl methyl sites for hydroxylation is 2. The van der Waals surface area contributed by atoms with Crippen LogP contribution < -0.4 is 5.32 Å². The summed E-state index contributed by atoms with van der Waals surface area (Å²) in [7, 11) is 0. The fourth-order valence-corrected chi connectivity index (χ4v) is 3.38. The molecule has 0 spiro atoms. The number of amides is 1. The topological polar surface area (TPSA) is 58.0 Å². The van der Waals surface area contributed by atoms with E-state index in [1.165, 1.54) is 22.1 Å². The van der Waals surface area contributed by atoms with Gasteiger partial charge in [-0.05, 0) is 55.2 Å². The van der Waals surface area contributed by atoms with Crippen LogP contribution in [-0.2, 0) is 17.6 Å². The molecule has 0 aliphatic rings. The van der Waals surface area contributed by atoms with E-state index in [1.54, 1.807) is 6.26 Å². The lowest BCUT2D eigenvalue weighted by Gasteiger charge is -2.05. The van der Waals surface area contributed by atoms with Gasteiger partial charge < -0.3 is 14.7 Å². The molecule has 1 amide bonds. The smallest absolute Gasteiger partial charge is 0.224 e. The minimum Gasteiger partial charge on any atom is -0.464 e. The molecule has 4 aromatic rings. The maximum Gasteiger partial charge on any atom is 0.224 e. The Morgan fingerprint density at radius 2 is 1.88 bits per heavy atom. The molecule has 2 aromatic heterocycles. The third-order valence-electron chi connectivity index (χ3n) is 5.01. The molecule has 0 radical (unpaired) electrons. The van der Waals surface area contributed by atoms with Crippen molar-refractivity contribution in [3.8, 4) is 0 Å². The molecule has 0 aliphatic heterocycles. The van der Waals surface area contributed by atoms with Gasteiger partial charge in [-0.3, -0.25) is 4.79 Å². The van der Waals surface area contributed by atoms with E-state index >= 15 is 0 Å². The molecule has 2 N–H and O–H groups in total. The fraction of sp³-hybridized carbons (Fsp3) is 0.227. The molecule has 0 atom stereocenters. The molecule has 4 nitrogen and oxygen atoms in total. The molecular weight excluding hydrogens is 324 g/mol. The zero-order valence-corrected chi connectivity index (χ0v) is 15.1. The number of fused-ring (bicyclic) bond motifs is 2. The van der Waals surface area contributed by atoms with Crippen molar-refractivity contribution in [3.63, 3.8) is 0 Å². The van der Waals surface area contributed by atoms with E-state index in [-0.39, 0.29) is 5.91 Å². The number of hydrogen-bond donors (Lipinski definition) is 2. The molecule has 4 rings (SSSR count). The Morgan fingerprint density at radius 1 is 1.08 bits per heavy atom. The highest BCUT2D eigenvalue weighted by Gasteiger charge is 2.12. The second kappa shape index (κ2) is 6.71. The van der Waals surface area contributed by atoms with E-state index in [0.29, 0.717) is 13.0 Å². The molecule has 2 aromatic carbocycles. The lowest BCUT2D eigenvalue weighted by molar-refractivity contribution is -0.120. The highest BCUT2D eigenvalue weighted by atomic mass is 16.3. The Kier molecular flexibility index (Phi) is 4.25. The summed E-state index contributed by atoms with van der Waals surface area (Å²) in [4.78, 5) is 15.6. The van der Waals surface area contributed by atoms with Crippen LogP contribution in [0.2, 0.25) is 0 Å². The third kappa shape index (κ3) is 3.10. The summed E-state index contributed by atoms with van der Waals surface area (Å²) >= 11 is 0. The number of H-pyrrole nitrogens is 1. The van der Waals surface area contributed by atoms with Gasteiger partial charge in [-0.15, -0.1) is 0 Å². The second-order valence-corrected chi connectivity index (χ2v) is 6.83. The molecule has 0 bridgehead atoms. The average molecular weight is 346 g/mol. The van der Waals surface area contributed by atoms with Gasteiger partial charge in [0.15, 0.2) is 0 Å². The van der Waals surface area contributed by atoms with E-state index in [1.807, 2.05) is 24.4 Å². The Balaban J connectivity index is 1.39. The highest BCUT2D eigenvalue weighted by molar-refractivity contribution is 5.88. The lowest BCUT2D eigenvalue weighted by Crippen LogP contribution is -2.27. The maximum atomic E-state index is 12.3. The first-order valence-corrected chi connectivity index (χ1v) is 8.91. The average Bonchev–Trinajstić information content (AvgIpc) is 3.21. The zero-order valence-electron chi connectivity index (χ0n) is 15.1. The van der Waals surface area contributed by atoms with Crippen molar-refractivity contribution in [2.24, 2.45) is 0 Å². The number of carbonyl (C=O) groups is 1. The van der Waals surface area contributed by atoms with E-state index in [9.17, 15) is 4.79 Å². The standard InChI is InChI=1S/C22H22N2O2/c1-14-9-19-17(13-26-21(19)10-15(14)2)11-22(25)23-8-7-16-12-24-20-6-4-3-5-18(16)20/h3-6,9-10,12-13,24H,7-8,11H2,1-2H3,(H,23,25). The van der Waals surface area contributed by atoms with Crippen molar-refractivity contribution in [2.75, 3.05) is 6.54 Å². The minimum absolute atomic E-state index is 0.0192. The Hall–Kier alpha value is -3.01. The summed E-state index contributed by atoms with van der Waals surface area (Å²) in [6.45, 7) is 4.76. The molecular formula is C22H22N2O2. The minimum atomic E-state index is 0.0192. The van der Waals surface area contributed by atoms with E-state index in [4.69, 9.17) is 4.42 Å². The van der Waals surface area contributed by atoms with Gasteiger partial charge in [0.2, 0.25) is 5.91 Å². The normalized spacial score (nSPS) is 11.3. The number of furan rings is 1. The SMILES string of the molecule is Cc1cc2occ(CC(=O)NCCc3c[nH]c4ccccc34)c2cc1C. The number of hydrogen-bond acceptors (Lipinski definition) is 2. The summed E-state index contributed by atoms with van der Waals surface area (Å²) in [5.74, 6) is 0.0192. The van der Waals surface area contributed by atoms with Crippen molar-refractivity contribution in [1.29, 1.82) is 0 Å². The van der Waals surface area contributed by atoms with Gasteiger partial charge in [0.25, 0.3) is 0 Å².